The fraction of sp³-hybridized carbons (Fsp3) is 0.231. The molecule has 0 bridgehead atoms. The van der Waals surface area contributed by atoms with Crippen molar-refractivity contribution < 1.29 is 18.0 Å². The third-order valence-electron chi connectivity index (χ3n) is 2.84. The molecule has 0 aliphatic carbocycles. The molecule has 2 N–H and O–H groups in total. The summed E-state index contributed by atoms with van der Waals surface area (Å²) in [6.45, 7) is 0. The van der Waals surface area contributed by atoms with Crippen LogP contribution in [-0.4, -0.2) is 34.7 Å². The molecule has 0 spiro atoms. The summed E-state index contributed by atoms with van der Waals surface area (Å²) in [5.74, 6) is -0.278. The van der Waals surface area contributed by atoms with Crippen LogP contribution in [0.1, 0.15) is 15.9 Å². The number of benzene rings is 1. The van der Waals surface area contributed by atoms with Crippen LogP contribution in [0.15, 0.2) is 30.6 Å². The van der Waals surface area contributed by atoms with Crippen molar-refractivity contribution in [3.05, 3.63) is 41.7 Å². The SMILES string of the molecule is CN(C)C(=O)c1ccc(N)c(-n2cc(C(F)(F)F)cn2)c1. The van der Waals surface area contributed by atoms with Crippen LogP contribution in [0.25, 0.3) is 5.69 Å². The van der Waals surface area contributed by atoms with E-state index in [9.17, 15) is 18.0 Å². The van der Waals surface area contributed by atoms with Crippen molar-refractivity contribution >= 4 is 11.6 Å². The lowest BCUT2D eigenvalue weighted by Crippen LogP contribution is -2.22. The van der Waals surface area contributed by atoms with Crippen molar-refractivity contribution in [1.82, 2.24) is 14.7 Å². The molecule has 0 aliphatic rings. The predicted octanol–water partition coefficient (Wildman–Crippen LogP) is 2.18. The Morgan fingerprint density at radius 2 is 2.00 bits per heavy atom. The van der Waals surface area contributed by atoms with Gasteiger partial charge in [0.05, 0.1) is 23.1 Å². The monoisotopic (exact) mass is 298 g/mol. The minimum atomic E-state index is -4.48. The van der Waals surface area contributed by atoms with E-state index in [-0.39, 0.29) is 17.3 Å². The molecule has 0 radical (unpaired) electrons. The Hall–Kier alpha value is -2.51. The highest BCUT2D eigenvalue weighted by molar-refractivity contribution is 5.95. The molecule has 0 fully saturated rings. The third-order valence-corrected chi connectivity index (χ3v) is 2.84. The zero-order chi connectivity index (χ0) is 15.8. The first-order valence-electron chi connectivity index (χ1n) is 5.93. The zero-order valence-electron chi connectivity index (χ0n) is 11.3. The Bertz CT molecular complexity index is 676. The molecule has 0 saturated heterocycles. The van der Waals surface area contributed by atoms with Crippen LogP contribution in [0.3, 0.4) is 0 Å². The molecule has 1 aromatic heterocycles. The van der Waals surface area contributed by atoms with E-state index in [1.165, 1.54) is 23.1 Å². The van der Waals surface area contributed by atoms with E-state index < -0.39 is 11.7 Å². The van der Waals surface area contributed by atoms with Crippen molar-refractivity contribution in [1.29, 1.82) is 0 Å². The summed E-state index contributed by atoms with van der Waals surface area (Å²) in [7, 11) is 3.15. The second kappa shape index (κ2) is 5.12. The first kappa shape index (κ1) is 14.9. The number of halogens is 3. The van der Waals surface area contributed by atoms with Gasteiger partial charge >= 0.3 is 6.18 Å². The molecular formula is C13H13F3N4O. The number of anilines is 1. The van der Waals surface area contributed by atoms with Crippen LogP contribution in [0, 0.1) is 0 Å². The Morgan fingerprint density at radius 1 is 1.33 bits per heavy atom. The first-order valence-corrected chi connectivity index (χ1v) is 5.93. The van der Waals surface area contributed by atoms with E-state index in [0.29, 0.717) is 11.8 Å². The molecule has 1 aromatic carbocycles. The van der Waals surface area contributed by atoms with Crippen LogP contribution < -0.4 is 5.73 Å². The number of carbonyl (C=O) groups excluding carboxylic acids is 1. The van der Waals surface area contributed by atoms with E-state index in [4.69, 9.17) is 5.73 Å². The van der Waals surface area contributed by atoms with Gasteiger partial charge < -0.3 is 10.6 Å². The average molecular weight is 298 g/mol. The lowest BCUT2D eigenvalue weighted by molar-refractivity contribution is -0.137. The van der Waals surface area contributed by atoms with Crippen LogP contribution in [0.5, 0.6) is 0 Å². The molecule has 8 heteroatoms. The standard InChI is InChI=1S/C13H13F3N4O/c1-19(2)12(21)8-3-4-10(17)11(5-8)20-7-9(6-18-20)13(14,15)16/h3-7H,17H2,1-2H3. The zero-order valence-corrected chi connectivity index (χ0v) is 11.3. The summed E-state index contributed by atoms with van der Waals surface area (Å²) in [5.41, 5.74) is 5.62. The summed E-state index contributed by atoms with van der Waals surface area (Å²) in [6, 6.07) is 4.38. The summed E-state index contributed by atoms with van der Waals surface area (Å²) in [4.78, 5) is 13.2. The van der Waals surface area contributed by atoms with Crippen LogP contribution in [0.2, 0.25) is 0 Å². The Labute approximate surface area is 118 Å². The number of hydrogen-bond acceptors (Lipinski definition) is 3. The van der Waals surface area contributed by atoms with E-state index in [2.05, 4.69) is 5.10 Å². The van der Waals surface area contributed by atoms with Gasteiger partial charge in [-0.2, -0.15) is 18.3 Å². The number of nitrogens with two attached hydrogens (primary N) is 1. The Balaban J connectivity index is 2.46. The van der Waals surface area contributed by atoms with Gasteiger partial charge in [0.15, 0.2) is 0 Å². The smallest absolute Gasteiger partial charge is 0.397 e. The molecule has 21 heavy (non-hydrogen) atoms. The third kappa shape index (κ3) is 2.99. The number of rotatable bonds is 2. The topological polar surface area (TPSA) is 64.2 Å². The molecule has 2 aromatic rings. The molecule has 1 amide bonds. The number of nitrogens with zero attached hydrogens (tertiary/aromatic N) is 3. The molecule has 1 heterocycles. The van der Waals surface area contributed by atoms with Crippen molar-refractivity contribution in [2.24, 2.45) is 0 Å². The quantitative estimate of drug-likeness (QED) is 0.864. The number of aromatic nitrogens is 2. The highest BCUT2D eigenvalue weighted by atomic mass is 19.4. The summed E-state index contributed by atoms with van der Waals surface area (Å²) in [5, 5.41) is 3.65. The van der Waals surface area contributed by atoms with Gasteiger partial charge in [0.2, 0.25) is 0 Å². The van der Waals surface area contributed by atoms with Crippen molar-refractivity contribution in [2.45, 2.75) is 6.18 Å². The molecule has 112 valence electrons. The lowest BCUT2D eigenvalue weighted by atomic mass is 10.1. The van der Waals surface area contributed by atoms with Crippen molar-refractivity contribution in [3.63, 3.8) is 0 Å². The lowest BCUT2D eigenvalue weighted by Gasteiger charge is -2.12. The van der Waals surface area contributed by atoms with Gasteiger partial charge in [-0.15, -0.1) is 0 Å². The second-order valence-corrected chi connectivity index (χ2v) is 4.64. The van der Waals surface area contributed by atoms with Crippen molar-refractivity contribution in [3.8, 4) is 5.69 Å². The predicted molar refractivity (Wildman–Crippen MR) is 71.0 cm³/mol. The van der Waals surface area contributed by atoms with Crippen LogP contribution in [-0.2, 0) is 6.18 Å². The normalized spacial score (nSPS) is 11.5. The van der Waals surface area contributed by atoms with Gasteiger partial charge in [-0.1, -0.05) is 0 Å². The maximum atomic E-state index is 12.6. The molecular weight excluding hydrogens is 285 g/mol. The summed E-state index contributed by atoms with van der Waals surface area (Å²) in [6.07, 6.45) is -2.94. The highest BCUT2D eigenvalue weighted by Gasteiger charge is 2.32. The number of hydrogen-bond donors (Lipinski definition) is 1. The van der Waals surface area contributed by atoms with E-state index in [1.807, 2.05) is 0 Å². The number of amides is 1. The summed E-state index contributed by atoms with van der Waals surface area (Å²) >= 11 is 0. The fourth-order valence-corrected chi connectivity index (χ4v) is 1.73. The molecule has 0 aliphatic heterocycles. The number of alkyl halides is 3. The number of carbonyl (C=O) groups is 1. The molecule has 0 saturated carbocycles. The van der Waals surface area contributed by atoms with Crippen molar-refractivity contribution in [2.75, 3.05) is 19.8 Å². The maximum Gasteiger partial charge on any atom is 0.419 e. The van der Waals surface area contributed by atoms with Gasteiger partial charge in [0.1, 0.15) is 0 Å². The second-order valence-electron chi connectivity index (χ2n) is 4.64. The Morgan fingerprint density at radius 3 is 2.52 bits per heavy atom. The largest absolute Gasteiger partial charge is 0.419 e. The molecule has 5 nitrogen and oxygen atoms in total. The minimum Gasteiger partial charge on any atom is -0.397 e. The highest BCUT2D eigenvalue weighted by Crippen LogP contribution is 2.30. The minimum absolute atomic E-state index is 0.221. The van der Waals surface area contributed by atoms with E-state index in [0.717, 1.165) is 10.9 Å². The van der Waals surface area contributed by atoms with Crippen LogP contribution >= 0.6 is 0 Å². The van der Waals surface area contributed by atoms with Gasteiger partial charge in [0.25, 0.3) is 5.91 Å². The van der Waals surface area contributed by atoms with Gasteiger partial charge in [0, 0.05) is 25.9 Å². The Kier molecular flexibility index (Phi) is 3.63. The van der Waals surface area contributed by atoms with Gasteiger partial charge in [-0.3, -0.25) is 4.79 Å². The van der Waals surface area contributed by atoms with E-state index >= 15 is 0 Å². The van der Waals surface area contributed by atoms with Crippen LogP contribution in [0.4, 0.5) is 18.9 Å². The molecule has 0 unspecified atom stereocenters. The fourth-order valence-electron chi connectivity index (χ4n) is 1.73. The molecule has 0 atom stereocenters. The first-order chi connectivity index (χ1) is 9.70. The number of nitrogen functional groups attached to an aromatic ring is 1. The summed E-state index contributed by atoms with van der Waals surface area (Å²) < 4.78 is 38.8. The van der Waals surface area contributed by atoms with E-state index in [1.54, 1.807) is 14.1 Å². The molecule has 2 rings (SSSR count). The van der Waals surface area contributed by atoms with Gasteiger partial charge in [-0.05, 0) is 18.2 Å². The average Bonchev–Trinajstić information content (AvgIpc) is 2.87. The van der Waals surface area contributed by atoms with Gasteiger partial charge in [-0.25, -0.2) is 4.68 Å². The maximum absolute atomic E-state index is 12.6.